The molecular weight excluding hydrogens is 234 g/mol. The molecule has 3 rings (SSSR count). The summed E-state index contributed by atoms with van der Waals surface area (Å²) in [4.78, 5) is 8.60. The molecule has 1 aliphatic heterocycles. The first-order valence-electron chi connectivity index (χ1n) is 5.62. The van der Waals surface area contributed by atoms with Gasteiger partial charge < -0.3 is 5.32 Å². The topological polar surface area (TPSA) is 37.8 Å². The highest BCUT2D eigenvalue weighted by atomic mass is 35.5. The molecule has 2 heterocycles. The number of hydrogen-bond acceptors (Lipinski definition) is 3. The number of nitrogens with one attached hydrogen (secondary N) is 1. The second kappa shape index (κ2) is 4.43. The molecule has 0 saturated heterocycles. The van der Waals surface area contributed by atoms with Crippen LogP contribution < -0.4 is 5.32 Å². The van der Waals surface area contributed by atoms with Crippen molar-refractivity contribution in [2.45, 2.75) is 19.5 Å². The maximum absolute atomic E-state index is 5.94. The molecule has 17 heavy (non-hydrogen) atoms. The monoisotopic (exact) mass is 245 g/mol. The van der Waals surface area contributed by atoms with Crippen LogP contribution in [0.5, 0.6) is 0 Å². The molecule has 1 aromatic carbocycles. The van der Waals surface area contributed by atoms with Crippen LogP contribution in [0.25, 0.3) is 0 Å². The predicted octanol–water partition coefficient (Wildman–Crippen LogP) is 2.32. The van der Waals surface area contributed by atoms with Crippen molar-refractivity contribution in [2.24, 2.45) is 0 Å². The van der Waals surface area contributed by atoms with Crippen LogP contribution in [0.1, 0.15) is 22.5 Å². The van der Waals surface area contributed by atoms with Crippen molar-refractivity contribution in [2.75, 3.05) is 0 Å². The molecule has 0 amide bonds. The molecule has 0 radical (unpaired) electrons. The molecule has 1 aromatic heterocycles. The number of nitrogens with zero attached hydrogens (tertiary/aromatic N) is 2. The average Bonchev–Trinajstić information content (AvgIpc) is 2.78. The van der Waals surface area contributed by atoms with E-state index < -0.39 is 0 Å². The van der Waals surface area contributed by atoms with E-state index in [0.29, 0.717) is 5.28 Å². The third kappa shape index (κ3) is 2.16. The first kappa shape index (κ1) is 10.7. The van der Waals surface area contributed by atoms with Crippen molar-refractivity contribution in [3.63, 3.8) is 0 Å². The highest BCUT2D eigenvalue weighted by Gasteiger charge is 2.18. The van der Waals surface area contributed by atoms with Crippen molar-refractivity contribution >= 4 is 11.6 Å². The van der Waals surface area contributed by atoms with Gasteiger partial charge in [0.1, 0.15) is 0 Å². The fourth-order valence-electron chi connectivity index (χ4n) is 2.14. The van der Waals surface area contributed by atoms with Gasteiger partial charge in [0.15, 0.2) is 0 Å². The molecule has 3 nitrogen and oxygen atoms in total. The van der Waals surface area contributed by atoms with Gasteiger partial charge in [-0.05, 0) is 17.2 Å². The van der Waals surface area contributed by atoms with Gasteiger partial charge in [-0.25, -0.2) is 9.97 Å². The van der Waals surface area contributed by atoms with E-state index in [9.17, 15) is 0 Å². The highest BCUT2D eigenvalue weighted by Crippen LogP contribution is 2.21. The minimum absolute atomic E-state index is 0.346. The molecule has 0 atom stereocenters. The third-order valence-electron chi connectivity index (χ3n) is 2.96. The van der Waals surface area contributed by atoms with Gasteiger partial charge in [0.25, 0.3) is 0 Å². The molecule has 1 N–H and O–H groups in total. The van der Waals surface area contributed by atoms with Crippen LogP contribution in [0.2, 0.25) is 5.28 Å². The maximum Gasteiger partial charge on any atom is 0.222 e. The van der Waals surface area contributed by atoms with Gasteiger partial charge in [0.05, 0.1) is 11.4 Å². The summed E-state index contributed by atoms with van der Waals surface area (Å²) in [7, 11) is 0. The molecular formula is C13H12ClN3. The molecule has 2 aromatic rings. The van der Waals surface area contributed by atoms with Gasteiger partial charge >= 0.3 is 0 Å². The Labute approximate surface area is 105 Å². The van der Waals surface area contributed by atoms with Crippen LogP contribution in [-0.4, -0.2) is 9.97 Å². The van der Waals surface area contributed by atoms with E-state index in [1.807, 2.05) is 18.2 Å². The van der Waals surface area contributed by atoms with Gasteiger partial charge in [-0.15, -0.1) is 0 Å². The minimum Gasteiger partial charge on any atom is -0.307 e. The van der Waals surface area contributed by atoms with Crippen molar-refractivity contribution in [3.05, 3.63) is 58.1 Å². The number of rotatable bonds is 2. The lowest BCUT2D eigenvalue weighted by Gasteiger charge is -2.07. The second-order valence-corrected chi connectivity index (χ2v) is 4.47. The average molecular weight is 246 g/mol. The number of benzene rings is 1. The van der Waals surface area contributed by atoms with Gasteiger partial charge in [-0.3, -0.25) is 0 Å². The second-order valence-electron chi connectivity index (χ2n) is 4.13. The van der Waals surface area contributed by atoms with E-state index in [0.717, 1.165) is 30.9 Å². The Morgan fingerprint density at radius 1 is 1.12 bits per heavy atom. The molecule has 0 unspecified atom stereocenters. The number of fused-ring (bicyclic) bond motifs is 1. The van der Waals surface area contributed by atoms with Crippen molar-refractivity contribution in [1.82, 2.24) is 15.3 Å². The Bertz CT molecular complexity index is 540. The smallest absolute Gasteiger partial charge is 0.222 e. The lowest BCUT2D eigenvalue weighted by molar-refractivity contribution is 0.756. The SMILES string of the molecule is Clc1nc2c(c(Cc3ccccc3)n1)CNC2. The molecule has 0 fully saturated rings. The third-order valence-corrected chi connectivity index (χ3v) is 3.13. The Balaban J connectivity index is 1.98. The molecule has 4 heteroatoms. The van der Waals surface area contributed by atoms with Crippen LogP contribution in [-0.2, 0) is 19.5 Å². The zero-order valence-corrected chi connectivity index (χ0v) is 10.0. The summed E-state index contributed by atoms with van der Waals surface area (Å²) >= 11 is 5.94. The Morgan fingerprint density at radius 2 is 1.94 bits per heavy atom. The molecule has 0 spiro atoms. The van der Waals surface area contributed by atoms with Crippen LogP contribution >= 0.6 is 11.6 Å². The number of aromatic nitrogens is 2. The van der Waals surface area contributed by atoms with E-state index in [-0.39, 0.29) is 0 Å². The summed E-state index contributed by atoms with van der Waals surface area (Å²) in [5, 5.41) is 3.63. The number of halogens is 1. The Morgan fingerprint density at radius 3 is 2.76 bits per heavy atom. The van der Waals surface area contributed by atoms with E-state index in [4.69, 9.17) is 11.6 Å². The first-order chi connectivity index (χ1) is 8.33. The number of hydrogen-bond donors (Lipinski definition) is 1. The van der Waals surface area contributed by atoms with E-state index >= 15 is 0 Å². The van der Waals surface area contributed by atoms with Gasteiger partial charge in [-0.2, -0.15) is 0 Å². The van der Waals surface area contributed by atoms with Crippen LogP contribution in [0, 0.1) is 0 Å². The molecule has 0 saturated carbocycles. The van der Waals surface area contributed by atoms with Gasteiger partial charge in [0.2, 0.25) is 5.28 Å². The van der Waals surface area contributed by atoms with Crippen LogP contribution in [0.15, 0.2) is 30.3 Å². The molecule has 0 bridgehead atoms. The fraction of sp³-hybridized carbons (Fsp3) is 0.231. The van der Waals surface area contributed by atoms with Crippen molar-refractivity contribution in [3.8, 4) is 0 Å². The summed E-state index contributed by atoms with van der Waals surface area (Å²) in [5.74, 6) is 0. The van der Waals surface area contributed by atoms with Crippen molar-refractivity contribution < 1.29 is 0 Å². The summed E-state index contributed by atoms with van der Waals surface area (Å²) in [6.45, 7) is 1.63. The Hall–Kier alpha value is -1.45. The van der Waals surface area contributed by atoms with Gasteiger partial charge in [-0.1, -0.05) is 30.3 Å². The summed E-state index contributed by atoms with van der Waals surface area (Å²) in [6, 6.07) is 10.3. The lowest BCUT2D eigenvalue weighted by Crippen LogP contribution is -2.03. The minimum atomic E-state index is 0.346. The molecule has 86 valence electrons. The standard InChI is InChI=1S/C13H12ClN3/c14-13-16-11(6-9-4-2-1-3-5-9)10-7-15-8-12(10)17-13/h1-5,15H,6-8H2. The normalized spacial score (nSPS) is 13.7. The summed E-state index contributed by atoms with van der Waals surface area (Å²) < 4.78 is 0. The van der Waals surface area contributed by atoms with E-state index in [2.05, 4.69) is 27.4 Å². The van der Waals surface area contributed by atoms with E-state index in [1.54, 1.807) is 0 Å². The lowest BCUT2D eigenvalue weighted by atomic mass is 10.1. The summed E-state index contributed by atoms with van der Waals surface area (Å²) in [6.07, 6.45) is 0.813. The van der Waals surface area contributed by atoms with Crippen LogP contribution in [0.3, 0.4) is 0 Å². The quantitative estimate of drug-likeness (QED) is 0.826. The molecule has 0 aliphatic carbocycles. The van der Waals surface area contributed by atoms with Crippen LogP contribution in [0.4, 0.5) is 0 Å². The molecule has 1 aliphatic rings. The fourth-order valence-corrected chi connectivity index (χ4v) is 2.34. The maximum atomic E-state index is 5.94. The largest absolute Gasteiger partial charge is 0.307 e. The first-order valence-corrected chi connectivity index (χ1v) is 5.99. The van der Waals surface area contributed by atoms with E-state index in [1.165, 1.54) is 11.1 Å². The predicted molar refractivity (Wildman–Crippen MR) is 66.8 cm³/mol. The summed E-state index contributed by atoms with van der Waals surface area (Å²) in [5.41, 5.74) is 4.53. The zero-order chi connectivity index (χ0) is 11.7. The zero-order valence-electron chi connectivity index (χ0n) is 9.28. The van der Waals surface area contributed by atoms with Gasteiger partial charge in [0, 0.05) is 25.1 Å². The Kier molecular flexibility index (Phi) is 2.79. The van der Waals surface area contributed by atoms with Crippen molar-refractivity contribution in [1.29, 1.82) is 0 Å². The highest BCUT2D eigenvalue weighted by molar-refractivity contribution is 6.28.